The fourth-order valence-electron chi connectivity index (χ4n) is 11.8. The average molecular weight is 1110 g/mol. The summed E-state index contributed by atoms with van der Waals surface area (Å²) in [6, 6.07) is -0.620. The smallest absolute Gasteiger partial charge is 0.305 e. The van der Waals surface area contributed by atoms with Gasteiger partial charge in [0.05, 0.1) is 25.4 Å². The highest BCUT2D eigenvalue weighted by molar-refractivity contribution is 5.76. The van der Waals surface area contributed by atoms with Crippen LogP contribution in [0.1, 0.15) is 418 Å². The number of rotatable bonds is 69. The first kappa shape index (κ1) is 77.6. The Balaban J connectivity index is 3.26. The van der Waals surface area contributed by atoms with E-state index < -0.39 is 12.1 Å². The molecule has 6 heteroatoms. The van der Waals surface area contributed by atoms with Crippen molar-refractivity contribution in [2.24, 2.45) is 0 Å². The van der Waals surface area contributed by atoms with Gasteiger partial charge in [-0.3, -0.25) is 9.59 Å². The van der Waals surface area contributed by atoms with Gasteiger partial charge in [-0.25, -0.2) is 0 Å². The van der Waals surface area contributed by atoms with Crippen LogP contribution in [0.25, 0.3) is 0 Å². The lowest BCUT2D eigenvalue weighted by molar-refractivity contribution is -0.143. The maximum atomic E-state index is 12.4. The summed E-state index contributed by atoms with van der Waals surface area (Å²) in [6.07, 6.45) is 86.2. The molecule has 0 aliphatic carbocycles. The second kappa shape index (κ2) is 69.1. The largest absolute Gasteiger partial charge is 0.466 e. The Bertz CT molecular complexity index is 1190. The fourth-order valence-corrected chi connectivity index (χ4v) is 11.8. The first-order valence-electron chi connectivity index (χ1n) is 36.5. The number of ether oxygens (including phenoxy) is 1. The molecule has 79 heavy (non-hydrogen) atoms. The van der Waals surface area contributed by atoms with E-state index in [-0.39, 0.29) is 18.5 Å². The third-order valence-corrected chi connectivity index (χ3v) is 17.3. The zero-order valence-electron chi connectivity index (χ0n) is 53.9. The van der Waals surface area contributed by atoms with Crippen molar-refractivity contribution in [1.29, 1.82) is 0 Å². The van der Waals surface area contributed by atoms with Crippen LogP contribution in [0, 0.1) is 0 Å². The summed E-state index contributed by atoms with van der Waals surface area (Å²) in [5.41, 5.74) is 0. The molecule has 0 saturated carbocycles. The molecule has 1 amide bonds. The van der Waals surface area contributed by atoms with Gasteiger partial charge in [-0.15, -0.1) is 0 Å². The number of carbonyl (C=O) groups is 2. The van der Waals surface area contributed by atoms with Gasteiger partial charge in [-0.05, 0) is 32.1 Å². The number of hydrogen-bond donors (Lipinski definition) is 3. The number of unbranched alkanes of at least 4 members (excludes halogenated alkanes) is 58. The molecule has 0 rings (SSSR count). The lowest BCUT2D eigenvalue weighted by Gasteiger charge is -2.20. The number of aliphatic hydroxyl groups is 2. The Hall–Kier alpha value is -1.40. The van der Waals surface area contributed by atoms with E-state index in [4.69, 9.17) is 4.74 Å². The lowest BCUT2D eigenvalue weighted by Crippen LogP contribution is -2.45. The summed E-state index contributed by atoms with van der Waals surface area (Å²) in [5.74, 6) is -0.0355. The third-order valence-electron chi connectivity index (χ3n) is 17.3. The summed E-state index contributed by atoms with van der Waals surface area (Å²) in [4.78, 5) is 24.5. The summed E-state index contributed by atoms with van der Waals surface area (Å²) in [5, 5.41) is 23.0. The number of esters is 1. The lowest BCUT2D eigenvalue weighted by atomic mass is 10.0. The molecule has 6 nitrogen and oxygen atoms in total. The van der Waals surface area contributed by atoms with Crippen LogP contribution in [-0.4, -0.2) is 47.4 Å². The van der Waals surface area contributed by atoms with Crippen LogP contribution in [-0.2, 0) is 14.3 Å². The molecule has 3 N–H and O–H groups in total. The molecule has 0 aliphatic heterocycles. The quantitative estimate of drug-likeness (QED) is 0.0320. The number of nitrogens with one attached hydrogen (secondary N) is 1. The molecule has 0 radical (unpaired) electrons. The van der Waals surface area contributed by atoms with Gasteiger partial charge in [0.25, 0.3) is 0 Å². The molecular weight excluding hydrogens is 971 g/mol. The minimum atomic E-state index is -0.837. The molecule has 2 unspecified atom stereocenters. The number of hydrogen-bond acceptors (Lipinski definition) is 5. The third kappa shape index (κ3) is 65.6. The van der Waals surface area contributed by atoms with Gasteiger partial charge in [-0.1, -0.05) is 386 Å². The predicted octanol–water partition coefficient (Wildman–Crippen LogP) is 23.5. The van der Waals surface area contributed by atoms with Crippen LogP contribution in [0.2, 0.25) is 0 Å². The summed E-state index contributed by atoms with van der Waals surface area (Å²) >= 11 is 0. The summed E-state index contributed by atoms with van der Waals surface area (Å²) in [7, 11) is 0. The Morgan fingerprint density at radius 1 is 0.342 bits per heavy atom. The van der Waals surface area contributed by atoms with E-state index in [0.29, 0.717) is 19.4 Å². The Kier molecular flexibility index (Phi) is 67.9. The molecule has 0 bridgehead atoms. The Morgan fingerprint density at radius 3 is 0.861 bits per heavy atom. The molecule has 470 valence electrons. The van der Waals surface area contributed by atoms with Gasteiger partial charge < -0.3 is 20.3 Å². The van der Waals surface area contributed by atoms with Crippen LogP contribution in [0.3, 0.4) is 0 Å². The van der Waals surface area contributed by atoms with Crippen LogP contribution >= 0.6 is 0 Å². The molecule has 0 fully saturated rings. The number of amides is 1. The standard InChI is InChI=1S/C73H143NO5/c1-3-5-7-9-11-13-14-15-16-41-44-47-51-55-59-63-67-73(78)79-68-64-60-56-52-48-45-42-39-37-35-33-31-29-27-25-23-21-19-17-18-20-22-24-26-28-30-32-34-36-38-40-43-46-50-54-58-62-66-72(77)74-70(69-75)71(76)65-61-57-53-49-12-10-8-6-4-2/h61,65,70-71,75-76H,3-60,62-64,66-69H2,1-2H3,(H,74,77)/b65-61+. The molecule has 0 spiro atoms. The van der Waals surface area contributed by atoms with Crippen molar-refractivity contribution in [3.05, 3.63) is 12.2 Å². The van der Waals surface area contributed by atoms with Crippen LogP contribution < -0.4 is 5.32 Å². The average Bonchev–Trinajstić information content (AvgIpc) is 3.45. The van der Waals surface area contributed by atoms with E-state index in [1.807, 2.05) is 6.08 Å². The van der Waals surface area contributed by atoms with Gasteiger partial charge >= 0.3 is 5.97 Å². The van der Waals surface area contributed by atoms with Crippen molar-refractivity contribution in [3.63, 3.8) is 0 Å². The van der Waals surface area contributed by atoms with Crippen LogP contribution in [0.4, 0.5) is 0 Å². The zero-order chi connectivity index (χ0) is 57.1. The fraction of sp³-hybridized carbons (Fsp3) is 0.945. The summed E-state index contributed by atoms with van der Waals surface area (Å²) in [6.45, 7) is 4.92. The molecule has 0 aromatic heterocycles. The van der Waals surface area contributed by atoms with Crippen molar-refractivity contribution in [2.45, 2.75) is 431 Å². The molecular formula is C73H143NO5. The van der Waals surface area contributed by atoms with Crippen molar-refractivity contribution in [1.82, 2.24) is 5.32 Å². The van der Waals surface area contributed by atoms with E-state index in [0.717, 1.165) is 38.5 Å². The van der Waals surface area contributed by atoms with Gasteiger partial charge in [0.2, 0.25) is 5.91 Å². The topological polar surface area (TPSA) is 95.9 Å². The molecule has 0 aliphatic rings. The van der Waals surface area contributed by atoms with Gasteiger partial charge in [0.1, 0.15) is 0 Å². The van der Waals surface area contributed by atoms with Gasteiger partial charge in [0.15, 0.2) is 0 Å². The first-order valence-corrected chi connectivity index (χ1v) is 36.5. The SMILES string of the molecule is CCCCCCCCC/C=C/C(O)C(CO)NC(=O)CCCCCCCCCCCCCCCCCCCCCCCCCCCCCCCCCCCCCCCOC(=O)CCCCCCCCCCCCCCCCCC. The van der Waals surface area contributed by atoms with E-state index in [1.54, 1.807) is 6.08 Å². The second-order valence-corrected chi connectivity index (χ2v) is 25.3. The first-order chi connectivity index (χ1) is 39.0. The molecule has 0 saturated heterocycles. The molecule has 0 heterocycles. The predicted molar refractivity (Wildman–Crippen MR) is 347 cm³/mol. The highest BCUT2D eigenvalue weighted by Crippen LogP contribution is 2.20. The zero-order valence-corrected chi connectivity index (χ0v) is 53.9. The van der Waals surface area contributed by atoms with Gasteiger partial charge in [0, 0.05) is 12.8 Å². The highest BCUT2D eigenvalue weighted by atomic mass is 16.5. The normalized spacial score (nSPS) is 12.5. The molecule has 2 atom stereocenters. The van der Waals surface area contributed by atoms with Crippen LogP contribution in [0.15, 0.2) is 12.2 Å². The van der Waals surface area contributed by atoms with Crippen molar-refractivity contribution < 1.29 is 24.5 Å². The Labute approximate surface area is 495 Å². The minimum Gasteiger partial charge on any atom is -0.466 e. The van der Waals surface area contributed by atoms with Crippen LogP contribution in [0.5, 0.6) is 0 Å². The molecule has 0 aromatic rings. The number of aliphatic hydroxyl groups excluding tert-OH is 2. The van der Waals surface area contributed by atoms with E-state index in [2.05, 4.69) is 19.2 Å². The molecule has 0 aromatic carbocycles. The summed E-state index contributed by atoms with van der Waals surface area (Å²) < 4.78 is 5.51. The second-order valence-electron chi connectivity index (χ2n) is 25.3. The maximum Gasteiger partial charge on any atom is 0.305 e. The monoisotopic (exact) mass is 1110 g/mol. The van der Waals surface area contributed by atoms with E-state index in [9.17, 15) is 19.8 Å². The van der Waals surface area contributed by atoms with Gasteiger partial charge in [-0.2, -0.15) is 0 Å². The highest BCUT2D eigenvalue weighted by Gasteiger charge is 2.18. The van der Waals surface area contributed by atoms with E-state index in [1.165, 1.54) is 353 Å². The minimum absolute atomic E-state index is 0.0274. The van der Waals surface area contributed by atoms with Crippen molar-refractivity contribution >= 4 is 11.9 Å². The maximum absolute atomic E-state index is 12.4. The van der Waals surface area contributed by atoms with Crippen molar-refractivity contribution in [2.75, 3.05) is 13.2 Å². The number of allylic oxidation sites excluding steroid dienone is 1. The Morgan fingerprint density at radius 2 is 0.582 bits per heavy atom. The van der Waals surface area contributed by atoms with Crippen molar-refractivity contribution in [3.8, 4) is 0 Å². The van der Waals surface area contributed by atoms with E-state index >= 15 is 0 Å². The number of carbonyl (C=O) groups excluding carboxylic acids is 2.